The topological polar surface area (TPSA) is 95.7 Å². The van der Waals surface area contributed by atoms with Gasteiger partial charge in [-0.25, -0.2) is 13.1 Å². The van der Waals surface area contributed by atoms with Gasteiger partial charge in [-0.2, -0.15) is 5.26 Å². The van der Waals surface area contributed by atoms with Crippen molar-refractivity contribution in [1.82, 2.24) is 14.7 Å². The van der Waals surface area contributed by atoms with E-state index >= 15 is 0 Å². The van der Waals surface area contributed by atoms with Crippen LogP contribution in [0.3, 0.4) is 0 Å². The Kier molecular flexibility index (Phi) is 4.62. The highest BCUT2D eigenvalue weighted by Crippen LogP contribution is 2.11. The van der Waals surface area contributed by atoms with Crippen molar-refractivity contribution >= 4 is 10.0 Å². The fourth-order valence-electron chi connectivity index (χ4n) is 1.64. The average Bonchev–Trinajstić information content (AvgIpc) is 2.48. The molecule has 2 rings (SSSR count). The summed E-state index contributed by atoms with van der Waals surface area (Å²) in [4.78, 5) is 8.30. The Morgan fingerprint density at radius 3 is 2.48 bits per heavy atom. The van der Waals surface area contributed by atoms with E-state index in [1.54, 1.807) is 18.3 Å². The third-order valence-corrected chi connectivity index (χ3v) is 4.21. The Labute approximate surface area is 123 Å². The van der Waals surface area contributed by atoms with Crippen molar-refractivity contribution < 1.29 is 8.42 Å². The number of nitriles is 1. The maximum Gasteiger partial charge on any atom is 0.240 e. The third-order valence-electron chi connectivity index (χ3n) is 2.79. The molecule has 108 valence electrons. The van der Waals surface area contributed by atoms with E-state index in [2.05, 4.69) is 14.7 Å². The number of rotatable bonds is 5. The molecule has 0 unspecified atom stereocenters. The van der Waals surface area contributed by atoms with Crippen LogP contribution < -0.4 is 4.72 Å². The average molecular weight is 302 g/mol. The molecule has 0 aliphatic carbocycles. The van der Waals surface area contributed by atoms with Crippen LogP contribution in [0.25, 0.3) is 0 Å². The molecule has 1 aromatic carbocycles. The quantitative estimate of drug-likeness (QED) is 0.899. The molecule has 1 aromatic heterocycles. The van der Waals surface area contributed by atoms with Gasteiger partial charge in [-0.3, -0.25) is 9.97 Å². The van der Waals surface area contributed by atoms with Gasteiger partial charge in [-0.15, -0.1) is 0 Å². The number of aromatic nitrogens is 2. The smallest absolute Gasteiger partial charge is 0.240 e. The zero-order valence-corrected chi connectivity index (χ0v) is 12.3. The SMILES string of the molecule is Cc1cnc(CNS(=O)(=O)c2ccc(CC#N)cc2)cn1. The van der Waals surface area contributed by atoms with Crippen molar-refractivity contribution in [2.45, 2.75) is 24.8 Å². The van der Waals surface area contributed by atoms with Crippen molar-refractivity contribution in [2.24, 2.45) is 0 Å². The molecule has 1 N–H and O–H groups in total. The minimum absolute atomic E-state index is 0.0789. The van der Waals surface area contributed by atoms with Crippen LogP contribution in [-0.2, 0) is 23.0 Å². The standard InChI is InChI=1S/C14H14N4O2S/c1-11-8-17-13(9-16-11)10-18-21(19,20)14-4-2-12(3-5-14)6-7-15/h2-5,8-9,18H,6,10H2,1H3. The van der Waals surface area contributed by atoms with E-state index in [4.69, 9.17) is 5.26 Å². The van der Waals surface area contributed by atoms with Crippen LogP contribution in [0.5, 0.6) is 0 Å². The van der Waals surface area contributed by atoms with Gasteiger partial charge >= 0.3 is 0 Å². The van der Waals surface area contributed by atoms with Gasteiger partial charge in [-0.05, 0) is 24.6 Å². The maximum atomic E-state index is 12.1. The molecule has 0 saturated heterocycles. The highest BCUT2D eigenvalue weighted by atomic mass is 32.2. The van der Waals surface area contributed by atoms with Gasteiger partial charge in [0.1, 0.15) is 0 Å². The summed E-state index contributed by atoms with van der Waals surface area (Å²) in [6.07, 6.45) is 3.38. The van der Waals surface area contributed by atoms with Crippen LogP contribution in [0.4, 0.5) is 0 Å². The van der Waals surface area contributed by atoms with Crippen LogP contribution in [-0.4, -0.2) is 18.4 Å². The van der Waals surface area contributed by atoms with Crippen LogP contribution in [0.15, 0.2) is 41.6 Å². The van der Waals surface area contributed by atoms with Crippen LogP contribution >= 0.6 is 0 Å². The van der Waals surface area contributed by atoms with Gasteiger partial charge in [0, 0.05) is 6.20 Å². The summed E-state index contributed by atoms with van der Waals surface area (Å²) >= 11 is 0. The Morgan fingerprint density at radius 2 is 1.90 bits per heavy atom. The van der Waals surface area contributed by atoms with Gasteiger partial charge in [-0.1, -0.05) is 12.1 Å². The molecule has 0 radical (unpaired) electrons. The Hall–Kier alpha value is -2.30. The lowest BCUT2D eigenvalue weighted by molar-refractivity contribution is 0.580. The molecular formula is C14H14N4O2S. The van der Waals surface area contributed by atoms with Gasteiger partial charge in [0.2, 0.25) is 10.0 Å². The van der Waals surface area contributed by atoms with E-state index in [9.17, 15) is 8.42 Å². The monoisotopic (exact) mass is 302 g/mol. The first-order chi connectivity index (χ1) is 10.0. The summed E-state index contributed by atoms with van der Waals surface area (Å²) in [6.45, 7) is 1.89. The molecule has 2 aromatic rings. The van der Waals surface area contributed by atoms with Crippen molar-refractivity contribution in [2.75, 3.05) is 0 Å². The molecule has 0 aliphatic heterocycles. The summed E-state index contributed by atoms with van der Waals surface area (Å²) in [6, 6.07) is 8.23. The molecule has 6 nitrogen and oxygen atoms in total. The molecule has 0 fully saturated rings. The molecule has 7 heteroatoms. The van der Waals surface area contributed by atoms with Gasteiger partial charge in [0.05, 0.1) is 41.5 Å². The molecule has 0 amide bonds. The van der Waals surface area contributed by atoms with E-state index in [0.717, 1.165) is 11.3 Å². The van der Waals surface area contributed by atoms with Crippen molar-refractivity contribution in [3.05, 3.63) is 53.6 Å². The van der Waals surface area contributed by atoms with Crippen LogP contribution in [0, 0.1) is 18.3 Å². The molecule has 1 heterocycles. The van der Waals surface area contributed by atoms with E-state index in [0.29, 0.717) is 5.69 Å². The van der Waals surface area contributed by atoms with Crippen molar-refractivity contribution in [1.29, 1.82) is 5.26 Å². The van der Waals surface area contributed by atoms with Crippen LogP contribution in [0.1, 0.15) is 17.0 Å². The molecule has 21 heavy (non-hydrogen) atoms. The third kappa shape index (κ3) is 4.08. The van der Waals surface area contributed by atoms with Crippen molar-refractivity contribution in [3.63, 3.8) is 0 Å². The maximum absolute atomic E-state index is 12.1. The Balaban J connectivity index is 2.07. The first-order valence-corrected chi connectivity index (χ1v) is 7.72. The summed E-state index contributed by atoms with van der Waals surface area (Å²) in [5.74, 6) is 0. The number of nitrogens with one attached hydrogen (secondary N) is 1. The summed E-state index contributed by atoms with van der Waals surface area (Å²) in [7, 11) is -3.60. The lowest BCUT2D eigenvalue weighted by Gasteiger charge is -2.07. The largest absolute Gasteiger partial charge is 0.258 e. The fraction of sp³-hybridized carbons (Fsp3) is 0.214. The number of aryl methyl sites for hydroxylation is 1. The minimum atomic E-state index is -3.60. The number of nitrogens with zero attached hydrogens (tertiary/aromatic N) is 3. The second kappa shape index (κ2) is 6.43. The Bertz CT molecular complexity index is 747. The number of hydrogen-bond acceptors (Lipinski definition) is 5. The zero-order valence-electron chi connectivity index (χ0n) is 11.4. The van der Waals surface area contributed by atoms with E-state index in [-0.39, 0.29) is 17.9 Å². The second-order valence-electron chi connectivity index (χ2n) is 4.45. The lowest BCUT2D eigenvalue weighted by atomic mass is 10.2. The highest BCUT2D eigenvalue weighted by molar-refractivity contribution is 7.89. The molecule has 0 atom stereocenters. The predicted octanol–water partition coefficient (Wildman–Crippen LogP) is 1.33. The van der Waals surface area contributed by atoms with Gasteiger partial charge in [0.25, 0.3) is 0 Å². The molecule has 0 aliphatic rings. The number of benzene rings is 1. The van der Waals surface area contributed by atoms with E-state index in [1.807, 2.05) is 13.0 Å². The predicted molar refractivity (Wildman–Crippen MR) is 76.6 cm³/mol. The molecule has 0 spiro atoms. The zero-order chi connectivity index (χ0) is 15.3. The normalized spacial score (nSPS) is 11.0. The van der Waals surface area contributed by atoms with E-state index < -0.39 is 10.0 Å². The lowest BCUT2D eigenvalue weighted by Crippen LogP contribution is -2.23. The first-order valence-electron chi connectivity index (χ1n) is 6.24. The second-order valence-corrected chi connectivity index (χ2v) is 6.22. The van der Waals surface area contributed by atoms with E-state index in [1.165, 1.54) is 18.3 Å². The molecule has 0 saturated carbocycles. The number of hydrogen-bond donors (Lipinski definition) is 1. The molecular weight excluding hydrogens is 288 g/mol. The first kappa shape index (κ1) is 15.1. The highest BCUT2D eigenvalue weighted by Gasteiger charge is 2.13. The summed E-state index contributed by atoms with van der Waals surface area (Å²) in [5.41, 5.74) is 2.10. The van der Waals surface area contributed by atoms with Gasteiger partial charge < -0.3 is 0 Å². The summed E-state index contributed by atoms with van der Waals surface area (Å²) in [5, 5.41) is 8.59. The summed E-state index contributed by atoms with van der Waals surface area (Å²) < 4.78 is 26.7. The minimum Gasteiger partial charge on any atom is -0.258 e. The van der Waals surface area contributed by atoms with Gasteiger partial charge in [0.15, 0.2) is 0 Å². The van der Waals surface area contributed by atoms with Crippen LogP contribution in [0.2, 0.25) is 0 Å². The fourth-order valence-corrected chi connectivity index (χ4v) is 2.64. The number of sulfonamides is 1. The van der Waals surface area contributed by atoms with Crippen molar-refractivity contribution in [3.8, 4) is 6.07 Å². The Morgan fingerprint density at radius 1 is 1.19 bits per heavy atom. The molecule has 0 bridgehead atoms.